The number of hydrogen-bond acceptors (Lipinski definition) is 6. The van der Waals surface area contributed by atoms with E-state index in [4.69, 9.17) is 19.3 Å². The van der Waals surface area contributed by atoms with Crippen molar-refractivity contribution in [1.29, 1.82) is 0 Å². The summed E-state index contributed by atoms with van der Waals surface area (Å²) in [6.07, 6.45) is 0.851. The van der Waals surface area contributed by atoms with Gasteiger partial charge in [0.1, 0.15) is 11.5 Å². The van der Waals surface area contributed by atoms with Crippen molar-refractivity contribution in [3.8, 4) is 11.5 Å². The molecule has 0 aromatic heterocycles. The van der Waals surface area contributed by atoms with Gasteiger partial charge < -0.3 is 24.4 Å². The molecule has 0 radical (unpaired) electrons. The summed E-state index contributed by atoms with van der Waals surface area (Å²) in [6.45, 7) is 0. The molecule has 0 saturated heterocycles. The summed E-state index contributed by atoms with van der Waals surface area (Å²) >= 11 is 0. The molecule has 0 bridgehead atoms. The van der Waals surface area contributed by atoms with Crippen molar-refractivity contribution in [2.45, 2.75) is 12.5 Å². The second-order valence-corrected chi connectivity index (χ2v) is 5.60. The maximum absolute atomic E-state index is 12.3. The van der Waals surface area contributed by atoms with Crippen LogP contribution in [-0.4, -0.2) is 72.0 Å². The van der Waals surface area contributed by atoms with Crippen molar-refractivity contribution in [3.63, 3.8) is 0 Å². The molecule has 0 spiro atoms. The number of aromatic hydroxyl groups is 1. The fourth-order valence-electron chi connectivity index (χ4n) is 2.28. The Balaban J connectivity index is 0.00000392. The number of methoxy groups -OCH3 is 2. The predicted molar refractivity (Wildman–Crippen MR) is 104 cm³/mol. The van der Waals surface area contributed by atoms with E-state index in [0.29, 0.717) is 17.7 Å². The van der Waals surface area contributed by atoms with Crippen LogP contribution in [0.15, 0.2) is 54.3 Å². The molecule has 1 unspecified atom stereocenters. The van der Waals surface area contributed by atoms with Crippen LogP contribution in [0.1, 0.15) is 11.1 Å². The molecule has 0 amide bonds. The molecule has 2 aromatic rings. The number of hydrogen-bond donors (Lipinski definition) is 2. The van der Waals surface area contributed by atoms with Crippen molar-refractivity contribution >= 4 is 47.6 Å². The van der Waals surface area contributed by atoms with Crippen LogP contribution in [0.5, 0.6) is 11.5 Å². The Hall–Kier alpha value is -2.32. The van der Waals surface area contributed by atoms with Crippen LogP contribution in [0.2, 0.25) is 0 Å². The van der Waals surface area contributed by atoms with Gasteiger partial charge in [-0.25, -0.2) is 9.59 Å². The number of carboxylic acid groups (broad SMARTS) is 1. The Morgan fingerprint density at radius 3 is 2.14 bits per heavy atom. The minimum atomic E-state index is -1.18. The van der Waals surface area contributed by atoms with E-state index >= 15 is 0 Å². The number of phenolic OH excluding ortho intramolecular Hbond substituents is 1. The van der Waals surface area contributed by atoms with E-state index < -0.39 is 18.0 Å². The Morgan fingerprint density at radius 1 is 1.04 bits per heavy atom. The van der Waals surface area contributed by atoms with Gasteiger partial charge in [-0.15, -0.1) is 0 Å². The first-order chi connectivity index (χ1) is 12.9. The summed E-state index contributed by atoms with van der Waals surface area (Å²) in [5.41, 5.74) is 1.40. The van der Waals surface area contributed by atoms with Crippen LogP contribution in [-0.2, 0) is 25.5 Å². The molecular formula is C20H21NaO7. The van der Waals surface area contributed by atoms with E-state index in [1.165, 1.54) is 32.4 Å². The molecule has 0 fully saturated rings. The van der Waals surface area contributed by atoms with Crippen LogP contribution in [0, 0.1) is 0 Å². The number of aliphatic carboxylic acids is 1. The molecule has 0 saturated carbocycles. The zero-order chi connectivity index (χ0) is 19.8. The average molecular weight is 396 g/mol. The van der Waals surface area contributed by atoms with Crippen molar-refractivity contribution in [1.82, 2.24) is 0 Å². The first-order valence-corrected chi connectivity index (χ1v) is 8.04. The van der Waals surface area contributed by atoms with Gasteiger partial charge >= 0.3 is 41.5 Å². The van der Waals surface area contributed by atoms with Crippen LogP contribution in [0.3, 0.4) is 0 Å². The average Bonchev–Trinajstić information content (AvgIpc) is 2.66. The summed E-state index contributed by atoms with van der Waals surface area (Å²) in [5.74, 6) is -1.49. The fourth-order valence-corrected chi connectivity index (χ4v) is 2.28. The Morgan fingerprint density at radius 2 is 1.64 bits per heavy atom. The molecule has 28 heavy (non-hydrogen) atoms. The number of ether oxygens (including phenoxy) is 3. The number of rotatable bonds is 8. The molecule has 0 aliphatic heterocycles. The molecule has 144 valence electrons. The monoisotopic (exact) mass is 396 g/mol. The van der Waals surface area contributed by atoms with Crippen molar-refractivity contribution in [3.05, 3.63) is 65.4 Å². The molecule has 1 atom stereocenters. The van der Waals surface area contributed by atoms with E-state index in [0.717, 1.165) is 5.56 Å². The molecule has 0 aliphatic rings. The van der Waals surface area contributed by atoms with Gasteiger partial charge in [0.2, 0.25) is 5.76 Å². The fraction of sp³-hybridized carbons (Fsp3) is 0.200. The van der Waals surface area contributed by atoms with E-state index in [9.17, 15) is 14.7 Å². The van der Waals surface area contributed by atoms with Crippen LogP contribution >= 0.6 is 0 Å². The third kappa shape index (κ3) is 7.01. The van der Waals surface area contributed by atoms with Gasteiger partial charge in [-0.05, 0) is 41.5 Å². The van der Waals surface area contributed by atoms with E-state index in [1.54, 1.807) is 36.4 Å². The first-order valence-electron chi connectivity index (χ1n) is 8.04. The molecule has 2 N–H and O–H groups in total. The predicted octanol–water partition coefficient (Wildman–Crippen LogP) is 1.98. The van der Waals surface area contributed by atoms with Crippen LogP contribution < -0.4 is 4.74 Å². The summed E-state index contributed by atoms with van der Waals surface area (Å²) in [6, 6.07) is 12.8. The van der Waals surface area contributed by atoms with E-state index in [-0.39, 0.29) is 41.1 Å². The van der Waals surface area contributed by atoms with Crippen molar-refractivity contribution in [2.75, 3.05) is 14.2 Å². The molecule has 8 heteroatoms. The standard InChI is InChI=1S/C20H20O7.Na.H/c1-25-17(19(22)23)11-14-5-9-16(10-6-14)27-20(24)18(26-2)12-13-3-7-15(21)8-4-13;;/h3-11,18,21H,12H2,1-2H3,(H,22,23);;/b17-11-;;. The quantitative estimate of drug-likeness (QED) is 0.231. The van der Waals surface area contributed by atoms with Gasteiger partial charge in [-0.1, -0.05) is 24.3 Å². The van der Waals surface area contributed by atoms with Gasteiger partial charge in [0, 0.05) is 13.5 Å². The molecule has 2 aromatic carbocycles. The summed E-state index contributed by atoms with van der Waals surface area (Å²) in [7, 11) is 2.69. The molecule has 0 heterocycles. The summed E-state index contributed by atoms with van der Waals surface area (Å²) in [5, 5.41) is 18.3. The van der Waals surface area contributed by atoms with Crippen molar-refractivity contribution < 1.29 is 34.0 Å². The maximum atomic E-state index is 12.3. The van der Waals surface area contributed by atoms with Crippen LogP contribution in [0.4, 0.5) is 0 Å². The second kappa shape index (κ2) is 11.5. The second-order valence-electron chi connectivity index (χ2n) is 5.60. The van der Waals surface area contributed by atoms with Gasteiger partial charge in [0.15, 0.2) is 6.10 Å². The van der Waals surface area contributed by atoms with E-state index in [2.05, 4.69) is 0 Å². The van der Waals surface area contributed by atoms with Gasteiger partial charge in [0.25, 0.3) is 0 Å². The van der Waals surface area contributed by atoms with Gasteiger partial charge in [0.05, 0.1) is 7.11 Å². The van der Waals surface area contributed by atoms with Crippen LogP contribution in [0.25, 0.3) is 6.08 Å². The topological polar surface area (TPSA) is 102 Å². The Kier molecular flexibility index (Phi) is 9.75. The zero-order valence-electron chi connectivity index (χ0n) is 14.9. The molecule has 7 nitrogen and oxygen atoms in total. The number of benzene rings is 2. The molecule has 2 rings (SSSR count). The SMILES string of the molecule is CO/C(=C\c1ccc(OC(=O)C(Cc2ccc(O)cc2)OC)cc1)C(=O)O.[NaH]. The molecule has 0 aliphatic carbocycles. The number of phenols is 1. The number of carboxylic acids is 1. The zero-order valence-corrected chi connectivity index (χ0v) is 14.9. The normalized spacial score (nSPS) is 11.9. The first kappa shape index (κ1) is 23.7. The van der Waals surface area contributed by atoms with Gasteiger partial charge in [-0.3, -0.25) is 0 Å². The number of esters is 1. The minimum absolute atomic E-state index is 0. The summed E-state index contributed by atoms with van der Waals surface area (Å²) < 4.78 is 15.3. The summed E-state index contributed by atoms with van der Waals surface area (Å²) in [4.78, 5) is 23.2. The number of carbonyl (C=O) groups excluding carboxylic acids is 1. The third-order valence-corrected chi connectivity index (χ3v) is 3.73. The van der Waals surface area contributed by atoms with Gasteiger partial charge in [-0.2, -0.15) is 0 Å². The van der Waals surface area contributed by atoms with Crippen molar-refractivity contribution in [2.24, 2.45) is 0 Å². The Bertz CT molecular complexity index is 813. The third-order valence-electron chi connectivity index (χ3n) is 3.73. The van der Waals surface area contributed by atoms with E-state index in [1.807, 2.05) is 0 Å². The Labute approximate surface area is 184 Å². The number of carbonyl (C=O) groups is 2. The molecular weight excluding hydrogens is 375 g/mol.